The average molecular weight is 512 g/mol. The second-order valence-corrected chi connectivity index (χ2v) is 11.4. The maximum Gasteiger partial charge on any atom is 0.416 e. The van der Waals surface area contributed by atoms with Crippen LogP contribution in [0.4, 0.5) is 24.7 Å². The van der Waals surface area contributed by atoms with Crippen LogP contribution in [-0.2, 0) is 16.2 Å². The molecule has 11 heteroatoms. The van der Waals surface area contributed by atoms with Crippen LogP contribution in [0, 0.1) is 6.92 Å². The van der Waals surface area contributed by atoms with Gasteiger partial charge in [-0.05, 0) is 62.9 Å². The summed E-state index contributed by atoms with van der Waals surface area (Å²) < 4.78 is 65.4. The summed E-state index contributed by atoms with van der Waals surface area (Å²) in [6.45, 7) is 3.93. The van der Waals surface area contributed by atoms with Crippen molar-refractivity contribution in [2.24, 2.45) is 0 Å². The van der Waals surface area contributed by atoms with Crippen molar-refractivity contribution >= 4 is 21.5 Å². The predicted molar refractivity (Wildman–Crippen MR) is 131 cm³/mol. The number of benzene rings is 1. The Labute approximate surface area is 204 Å². The molecule has 1 saturated heterocycles. The topological polar surface area (TPSA) is 87.2 Å². The Kier molecular flexibility index (Phi) is 7.56. The Morgan fingerprint density at radius 1 is 1.03 bits per heavy atom. The summed E-state index contributed by atoms with van der Waals surface area (Å²) in [5.41, 5.74) is 0.171. The summed E-state index contributed by atoms with van der Waals surface area (Å²) in [5, 5.41) is 12.0. The van der Waals surface area contributed by atoms with Crippen LogP contribution in [0.15, 0.2) is 24.3 Å². The molecule has 0 amide bonds. The second kappa shape index (κ2) is 10.3. The summed E-state index contributed by atoms with van der Waals surface area (Å²) in [5.74, 6) is 0.633. The molecule has 1 saturated carbocycles. The number of halogens is 3. The molecule has 4 rings (SSSR count). The van der Waals surface area contributed by atoms with Gasteiger partial charge in [0.25, 0.3) is 0 Å². The van der Waals surface area contributed by atoms with E-state index in [2.05, 4.69) is 25.1 Å². The first kappa shape index (κ1) is 25.7. The molecule has 1 aromatic heterocycles. The van der Waals surface area contributed by atoms with E-state index in [9.17, 15) is 21.6 Å². The highest BCUT2D eigenvalue weighted by atomic mass is 32.2. The maximum atomic E-state index is 13.2. The van der Waals surface area contributed by atoms with Crippen LogP contribution in [0.25, 0.3) is 11.3 Å². The minimum atomic E-state index is -4.60. The number of nitrogens with one attached hydrogen (secondary N) is 2. The van der Waals surface area contributed by atoms with Crippen molar-refractivity contribution < 1.29 is 21.6 Å². The molecule has 0 unspecified atom stereocenters. The predicted octanol–water partition coefficient (Wildman–Crippen LogP) is 5.05. The maximum absolute atomic E-state index is 13.2. The Balaban J connectivity index is 1.54. The van der Waals surface area contributed by atoms with Gasteiger partial charge in [0.1, 0.15) is 0 Å². The number of aromatic nitrogens is 2. The van der Waals surface area contributed by atoms with E-state index in [1.54, 1.807) is 6.07 Å². The zero-order chi connectivity index (χ0) is 25.2. The molecule has 1 atom stereocenters. The molecule has 2 N–H and O–H groups in total. The molecule has 192 valence electrons. The van der Waals surface area contributed by atoms with Crippen molar-refractivity contribution in [2.45, 2.75) is 70.1 Å². The third-order valence-electron chi connectivity index (χ3n) is 6.79. The molecule has 0 spiro atoms. The number of sulfonamides is 1. The lowest BCUT2D eigenvalue weighted by Crippen LogP contribution is -2.47. The largest absolute Gasteiger partial charge is 0.416 e. The van der Waals surface area contributed by atoms with Gasteiger partial charge in [0.2, 0.25) is 10.0 Å². The van der Waals surface area contributed by atoms with Crippen LogP contribution in [0.1, 0.15) is 56.1 Å². The van der Waals surface area contributed by atoms with Gasteiger partial charge in [-0.3, -0.25) is 9.62 Å². The molecular formula is C24H32F3N5O2S. The Morgan fingerprint density at radius 2 is 1.77 bits per heavy atom. The smallest absolute Gasteiger partial charge is 0.364 e. The van der Waals surface area contributed by atoms with Gasteiger partial charge in [0, 0.05) is 24.2 Å². The van der Waals surface area contributed by atoms with Crippen molar-refractivity contribution in [3.05, 3.63) is 35.4 Å². The summed E-state index contributed by atoms with van der Waals surface area (Å²) in [4.78, 5) is 2.59. The van der Waals surface area contributed by atoms with E-state index >= 15 is 0 Å². The first-order valence-electron chi connectivity index (χ1n) is 12.0. The molecule has 1 aromatic carbocycles. The summed E-state index contributed by atoms with van der Waals surface area (Å²) in [7, 11) is -3.80. The fraction of sp³-hybridized carbons (Fsp3) is 0.583. The molecule has 1 aliphatic heterocycles. The van der Waals surface area contributed by atoms with Gasteiger partial charge in [-0.25, -0.2) is 8.42 Å². The molecule has 2 fully saturated rings. The zero-order valence-corrected chi connectivity index (χ0v) is 20.8. The first-order valence-corrected chi connectivity index (χ1v) is 13.9. The second-order valence-electron chi connectivity index (χ2n) is 9.66. The minimum absolute atomic E-state index is 0.188. The Morgan fingerprint density at radius 3 is 2.43 bits per heavy atom. The summed E-state index contributed by atoms with van der Waals surface area (Å²) in [6, 6.07) is 5.53. The number of aryl methyl sites for hydroxylation is 1. The first-order chi connectivity index (χ1) is 16.5. The lowest BCUT2D eigenvalue weighted by atomic mass is 9.92. The van der Waals surface area contributed by atoms with E-state index in [4.69, 9.17) is 0 Å². The van der Waals surface area contributed by atoms with Gasteiger partial charge in [-0.15, -0.1) is 10.2 Å². The van der Waals surface area contributed by atoms with E-state index < -0.39 is 21.8 Å². The van der Waals surface area contributed by atoms with Crippen molar-refractivity contribution in [1.29, 1.82) is 0 Å². The van der Waals surface area contributed by atoms with Gasteiger partial charge >= 0.3 is 6.18 Å². The van der Waals surface area contributed by atoms with Crippen LogP contribution >= 0.6 is 0 Å². The quantitative estimate of drug-likeness (QED) is 0.564. The molecule has 7 nitrogen and oxygen atoms in total. The molecule has 1 aliphatic carbocycles. The minimum Gasteiger partial charge on any atom is -0.364 e. The van der Waals surface area contributed by atoms with Crippen molar-refractivity contribution in [3.8, 4) is 11.3 Å². The van der Waals surface area contributed by atoms with Gasteiger partial charge in [-0.2, -0.15) is 13.2 Å². The fourth-order valence-electron chi connectivity index (χ4n) is 5.08. The van der Waals surface area contributed by atoms with E-state index in [0.717, 1.165) is 49.9 Å². The van der Waals surface area contributed by atoms with Crippen LogP contribution in [0.5, 0.6) is 0 Å². The highest BCUT2D eigenvalue weighted by Gasteiger charge is 2.32. The van der Waals surface area contributed by atoms with Gasteiger partial charge in [-0.1, -0.05) is 25.3 Å². The van der Waals surface area contributed by atoms with Crippen LogP contribution in [-0.4, -0.2) is 54.9 Å². The third-order valence-corrected chi connectivity index (χ3v) is 7.38. The monoisotopic (exact) mass is 511 g/mol. The SMILES string of the molecule is Cc1cc(-c2ccc(C(F)(F)F)cc2NS(C)(=O)=O)nnc1N[C@@H]1CCCN(C2CCCCC2)C1. The molecule has 0 radical (unpaired) electrons. The Hall–Kier alpha value is -2.40. The number of piperidine rings is 1. The highest BCUT2D eigenvalue weighted by Crippen LogP contribution is 2.36. The van der Waals surface area contributed by atoms with E-state index in [1.165, 1.54) is 38.2 Å². The fourth-order valence-corrected chi connectivity index (χ4v) is 5.65. The molecular weight excluding hydrogens is 479 g/mol. The molecule has 2 heterocycles. The normalized spacial score (nSPS) is 20.5. The van der Waals surface area contributed by atoms with Crippen LogP contribution < -0.4 is 10.0 Å². The zero-order valence-electron chi connectivity index (χ0n) is 20.0. The number of rotatable bonds is 6. The van der Waals surface area contributed by atoms with E-state index in [-0.39, 0.29) is 17.3 Å². The van der Waals surface area contributed by atoms with Crippen molar-refractivity contribution in [2.75, 3.05) is 29.4 Å². The van der Waals surface area contributed by atoms with Gasteiger partial charge in [0.05, 0.1) is 23.2 Å². The van der Waals surface area contributed by atoms with Crippen molar-refractivity contribution in [3.63, 3.8) is 0 Å². The molecule has 2 aliphatic rings. The third kappa shape index (κ3) is 6.63. The number of alkyl halides is 3. The molecule has 35 heavy (non-hydrogen) atoms. The molecule has 0 bridgehead atoms. The van der Waals surface area contributed by atoms with Gasteiger partial charge in [0.15, 0.2) is 5.82 Å². The standard InChI is InChI=1S/C24H32F3N5O2S/c1-16-13-21(20-11-10-17(24(25,26)27)14-22(20)31-35(2,33)34)29-30-23(16)28-18-7-6-12-32(15-18)19-8-4-3-5-9-19/h10-11,13-14,18-19,31H,3-9,12,15H2,1-2H3,(H,28,30)/t18-/m1/s1. The van der Waals surface area contributed by atoms with Crippen LogP contribution in [0.2, 0.25) is 0 Å². The number of hydrogen-bond acceptors (Lipinski definition) is 6. The molecule has 2 aromatic rings. The van der Waals surface area contributed by atoms with Gasteiger partial charge < -0.3 is 5.32 Å². The lowest BCUT2D eigenvalue weighted by molar-refractivity contribution is -0.137. The van der Waals surface area contributed by atoms with Crippen LogP contribution in [0.3, 0.4) is 0 Å². The average Bonchev–Trinajstić information content (AvgIpc) is 2.79. The number of likely N-dealkylation sites (tertiary alicyclic amines) is 1. The Bertz CT molecular complexity index is 1150. The number of hydrogen-bond donors (Lipinski definition) is 2. The summed E-state index contributed by atoms with van der Waals surface area (Å²) in [6.07, 6.45) is 4.88. The van der Waals surface area contributed by atoms with E-state index in [1.807, 2.05) is 6.92 Å². The van der Waals surface area contributed by atoms with Crippen molar-refractivity contribution in [1.82, 2.24) is 15.1 Å². The number of nitrogens with zero attached hydrogens (tertiary/aromatic N) is 3. The summed E-state index contributed by atoms with van der Waals surface area (Å²) >= 11 is 0. The highest BCUT2D eigenvalue weighted by molar-refractivity contribution is 7.92. The number of anilines is 2. The van der Waals surface area contributed by atoms with E-state index in [0.29, 0.717) is 17.6 Å². The lowest BCUT2D eigenvalue weighted by Gasteiger charge is -2.40.